The molecular formula is H3GeLiSZn. The van der Waals surface area contributed by atoms with Crippen LogP contribution in [0.1, 0.15) is 0 Å². The Labute approximate surface area is 63.1 Å². The molecule has 0 saturated carbocycles. The van der Waals surface area contributed by atoms with Crippen LogP contribution < -0.4 is 0 Å². The van der Waals surface area contributed by atoms with Gasteiger partial charge in [-0.2, -0.15) is 0 Å². The summed E-state index contributed by atoms with van der Waals surface area (Å²) in [5, 5.41) is 0. The number of rotatable bonds is 0. The smallest absolute Gasteiger partial charge is 0 e. The summed E-state index contributed by atoms with van der Waals surface area (Å²) in [4.78, 5) is 0. The van der Waals surface area contributed by atoms with Crippen molar-refractivity contribution in [2.75, 3.05) is 0 Å². The minimum atomic E-state index is 0. The van der Waals surface area contributed by atoms with Crippen molar-refractivity contribution in [3.63, 3.8) is 0 Å². The molecule has 0 fully saturated rings. The molecule has 0 unspecified atom stereocenters. The summed E-state index contributed by atoms with van der Waals surface area (Å²) < 4.78 is 0. The van der Waals surface area contributed by atoms with Crippen LogP contribution in [0.5, 0.6) is 0 Å². The first-order valence-corrected chi connectivity index (χ1v) is 4.50. The van der Waals surface area contributed by atoms with Crippen molar-refractivity contribution in [1.82, 2.24) is 0 Å². The largest absolute Gasteiger partial charge is 0 e. The van der Waals surface area contributed by atoms with Crippen LogP contribution in [-0.2, 0) is 19.5 Å². The molecule has 0 spiro atoms. The van der Waals surface area contributed by atoms with E-state index in [1.165, 1.54) is 0 Å². The summed E-state index contributed by atoms with van der Waals surface area (Å²) in [6.45, 7) is 0. The third kappa shape index (κ3) is 9.01. The first-order chi connectivity index (χ1) is 1.00. The van der Waals surface area contributed by atoms with Gasteiger partial charge in [-0.3, -0.25) is 0 Å². The van der Waals surface area contributed by atoms with Crippen LogP contribution in [0.2, 0.25) is 0 Å². The second kappa shape index (κ2) is 20.1. The second-order valence-corrected chi connectivity index (χ2v) is 0. The molecule has 0 aromatic carbocycles. The van der Waals surface area contributed by atoms with Gasteiger partial charge in [0.1, 0.15) is 0 Å². The Morgan fingerprint density at radius 3 is 1.25 bits per heavy atom. The van der Waals surface area contributed by atoms with E-state index in [2.05, 4.69) is 10.5 Å². The molecule has 0 atom stereocenters. The van der Waals surface area contributed by atoms with E-state index in [1.54, 1.807) is 0 Å². The Kier molecular flexibility index (Phi) is 83.9. The fourth-order valence-electron chi connectivity index (χ4n) is 0. The van der Waals surface area contributed by atoms with E-state index in [1.807, 2.05) is 0 Å². The third-order valence-electron chi connectivity index (χ3n) is 0. The molecule has 0 aliphatic heterocycles. The van der Waals surface area contributed by atoms with Gasteiger partial charge < -0.3 is 0 Å². The standard InChI is InChI=1S/GeH2S.Li.Zn.H/c1-2;;;/h1H2;;;. The minimum Gasteiger partial charge on any atom is 0 e. The van der Waals surface area contributed by atoms with Gasteiger partial charge in [0, 0.05) is 19.5 Å². The van der Waals surface area contributed by atoms with Gasteiger partial charge in [0.15, 0.2) is 0 Å². The summed E-state index contributed by atoms with van der Waals surface area (Å²) in [6.07, 6.45) is 0. The SMILES string of the molecule is [LiH].[S]=[GeH2].[Zn]. The van der Waals surface area contributed by atoms with Crippen molar-refractivity contribution in [2.24, 2.45) is 0 Å². The Hall–Kier alpha value is 1.98. The summed E-state index contributed by atoms with van der Waals surface area (Å²) >= 11 is 0.958. The van der Waals surface area contributed by atoms with Crippen LogP contribution in [0, 0.1) is 0 Å². The zero-order chi connectivity index (χ0) is 2.00. The van der Waals surface area contributed by atoms with Crippen LogP contribution in [0.15, 0.2) is 0 Å². The molecular weight excluding hydrogens is 177 g/mol. The molecule has 16 valence electrons. The van der Waals surface area contributed by atoms with Gasteiger partial charge in [0.25, 0.3) is 0 Å². The molecule has 4 heavy (non-hydrogen) atoms. The molecule has 4 heteroatoms. The van der Waals surface area contributed by atoms with Crippen LogP contribution >= 0.6 is 10.5 Å². The van der Waals surface area contributed by atoms with E-state index in [4.69, 9.17) is 0 Å². The topological polar surface area (TPSA) is 0 Å². The average molecular weight is 180 g/mol. The molecule has 0 saturated heterocycles. The summed E-state index contributed by atoms with van der Waals surface area (Å²) in [7, 11) is 4.21. The Morgan fingerprint density at radius 1 is 1.25 bits per heavy atom. The number of hydrogen-bond donors (Lipinski definition) is 0. The van der Waals surface area contributed by atoms with Crippen LogP contribution in [0.3, 0.4) is 0 Å². The molecule has 0 aromatic heterocycles. The van der Waals surface area contributed by atoms with Crippen molar-refractivity contribution >= 4 is 44.2 Å². The van der Waals surface area contributed by atoms with Crippen molar-refractivity contribution < 1.29 is 19.5 Å². The first-order valence-electron chi connectivity index (χ1n) is 0.289. The quantitative estimate of drug-likeness (QED) is 0.434. The minimum absolute atomic E-state index is 0. The molecule has 0 radical (unpaired) electrons. The van der Waals surface area contributed by atoms with Crippen molar-refractivity contribution in [3.8, 4) is 0 Å². The molecule has 0 aliphatic rings. The van der Waals surface area contributed by atoms with E-state index >= 15 is 0 Å². The number of hydrogen-bond acceptors (Lipinski definition) is 1. The summed E-state index contributed by atoms with van der Waals surface area (Å²) in [6, 6.07) is 0. The molecule has 0 bridgehead atoms. The predicted molar refractivity (Wildman–Crippen MR) is 23.3 cm³/mol. The summed E-state index contributed by atoms with van der Waals surface area (Å²) in [5.74, 6) is 0. The molecule has 0 rings (SSSR count). The van der Waals surface area contributed by atoms with Crippen molar-refractivity contribution in [1.29, 1.82) is 0 Å². The summed E-state index contributed by atoms with van der Waals surface area (Å²) in [5.41, 5.74) is 0. The third-order valence-corrected chi connectivity index (χ3v) is 0. The maximum absolute atomic E-state index is 4.21. The monoisotopic (exact) mass is 180 g/mol. The van der Waals surface area contributed by atoms with Gasteiger partial charge in [-0.1, -0.05) is 0 Å². The van der Waals surface area contributed by atoms with E-state index in [0.29, 0.717) is 0 Å². The molecule has 0 heterocycles. The Morgan fingerprint density at radius 2 is 1.25 bits per heavy atom. The first kappa shape index (κ1) is 16.7. The van der Waals surface area contributed by atoms with E-state index in [0.717, 1.165) is 14.9 Å². The fraction of sp³-hybridized carbons (Fsp3) is 0. The van der Waals surface area contributed by atoms with E-state index < -0.39 is 0 Å². The maximum Gasteiger partial charge on any atom is 0 e. The zero-order valence-electron chi connectivity index (χ0n) is 1.82. The fourth-order valence-corrected chi connectivity index (χ4v) is 0. The van der Waals surface area contributed by atoms with Crippen LogP contribution in [0.4, 0.5) is 0 Å². The van der Waals surface area contributed by atoms with Crippen LogP contribution in [-0.4, -0.2) is 33.7 Å². The Bertz CT molecular complexity index is 8.00. The molecule has 0 nitrogen and oxygen atoms in total. The van der Waals surface area contributed by atoms with Gasteiger partial charge in [-0.05, 0) is 0 Å². The maximum atomic E-state index is 4.21. The van der Waals surface area contributed by atoms with Gasteiger partial charge in [0.2, 0.25) is 0 Å². The average Bonchev–Trinajstić information content (AvgIpc) is 1.00. The van der Waals surface area contributed by atoms with Crippen molar-refractivity contribution in [3.05, 3.63) is 0 Å². The van der Waals surface area contributed by atoms with Crippen LogP contribution in [0.25, 0.3) is 0 Å². The van der Waals surface area contributed by atoms with E-state index in [-0.39, 0.29) is 38.3 Å². The van der Waals surface area contributed by atoms with Crippen molar-refractivity contribution in [2.45, 2.75) is 0 Å². The zero-order valence-corrected chi connectivity index (χ0v) is 8.57. The second-order valence-electron chi connectivity index (χ2n) is 0. The van der Waals surface area contributed by atoms with Gasteiger partial charge >= 0.3 is 44.2 Å². The molecule has 0 aromatic rings. The van der Waals surface area contributed by atoms with E-state index in [9.17, 15) is 0 Å². The van der Waals surface area contributed by atoms with Gasteiger partial charge in [-0.25, -0.2) is 0 Å². The van der Waals surface area contributed by atoms with Gasteiger partial charge in [0.05, 0.1) is 0 Å². The molecule has 0 amide bonds. The molecule has 0 aliphatic carbocycles. The van der Waals surface area contributed by atoms with Gasteiger partial charge in [-0.15, -0.1) is 0 Å². The normalized spacial score (nSPS) is 1.00. The molecule has 0 N–H and O–H groups in total. The Balaban J connectivity index is -0.00000000500. The predicted octanol–water partition coefficient (Wildman–Crippen LogP) is -0.919.